The number of hydrogen-bond acceptors (Lipinski definition) is 9. The first-order valence-corrected chi connectivity index (χ1v) is 21.9. The van der Waals surface area contributed by atoms with E-state index in [2.05, 4.69) is 75.6 Å². The van der Waals surface area contributed by atoms with Crippen molar-refractivity contribution in [1.82, 2.24) is 40.4 Å². The minimum Gasteiger partial charge on any atom is -0.453 e. The Morgan fingerprint density at radius 3 is 2.03 bits per heavy atom. The first-order chi connectivity index (χ1) is 31.0. The van der Waals surface area contributed by atoms with Gasteiger partial charge < -0.3 is 39.9 Å². The normalized spacial score (nSPS) is 16.2. The van der Waals surface area contributed by atoms with Gasteiger partial charge in [-0.25, -0.2) is 19.6 Å². The molecule has 2 aliphatic carbocycles. The number of aromatic amines is 2. The van der Waals surface area contributed by atoms with Gasteiger partial charge in [-0.3, -0.25) is 14.4 Å². The number of benzene rings is 3. The summed E-state index contributed by atoms with van der Waals surface area (Å²) in [6, 6.07) is 17.6. The number of fused-ring (bicyclic) bond motifs is 6. The molecule has 1 saturated carbocycles. The number of terminal acetylenes is 1. The number of amides is 4. The van der Waals surface area contributed by atoms with Crippen LogP contribution in [-0.4, -0.2) is 99.4 Å². The predicted octanol–water partition coefficient (Wildman–Crippen LogP) is 8.42. The molecule has 0 radical (unpaired) electrons. The molecule has 3 atom stereocenters. The third kappa shape index (κ3) is 10.6. The number of carbonyl (C=O) groups is 5. The van der Waals surface area contributed by atoms with E-state index in [1.807, 2.05) is 66.4 Å². The monoisotopic (exact) mass is 872 g/mol. The van der Waals surface area contributed by atoms with Crippen LogP contribution in [-0.2, 0) is 25.6 Å². The number of H-pyrrole nitrogens is 2. The molecule has 0 unspecified atom stereocenters. The Kier molecular flexibility index (Phi) is 16.8. The van der Waals surface area contributed by atoms with Gasteiger partial charge in [-0.05, 0) is 78.1 Å². The van der Waals surface area contributed by atoms with Crippen molar-refractivity contribution in [3.8, 4) is 46.4 Å². The van der Waals surface area contributed by atoms with Crippen molar-refractivity contribution in [3.05, 3.63) is 83.6 Å². The fraction of sp³-hybridized carbons (Fsp3) is 0.408. The van der Waals surface area contributed by atoms with E-state index >= 15 is 0 Å². The first-order valence-electron chi connectivity index (χ1n) is 21.9. The lowest BCUT2D eigenvalue weighted by Gasteiger charge is -2.34. The number of likely N-dealkylation sites (tertiary alicyclic amines) is 1. The zero-order chi connectivity index (χ0) is 46.5. The summed E-state index contributed by atoms with van der Waals surface area (Å²) in [6.45, 7) is 10.9. The average molecular weight is 873 g/mol. The molecule has 3 aliphatic rings. The van der Waals surface area contributed by atoms with Gasteiger partial charge in [0.05, 0.1) is 49.7 Å². The van der Waals surface area contributed by atoms with E-state index in [0.29, 0.717) is 29.2 Å². The molecule has 2 bridgehead atoms. The number of hydrogen-bond donors (Lipinski definition) is 4. The zero-order valence-corrected chi connectivity index (χ0v) is 37.9. The Hall–Kier alpha value is -6.95. The summed E-state index contributed by atoms with van der Waals surface area (Å²) in [5.74, 6) is 1.12. The van der Waals surface area contributed by atoms with Crippen LogP contribution in [0.1, 0.15) is 107 Å². The van der Waals surface area contributed by atoms with E-state index in [-0.39, 0.29) is 55.2 Å². The summed E-state index contributed by atoms with van der Waals surface area (Å²) in [4.78, 5) is 82.7. The molecular formula is C49H60N8O7. The number of carbonyl (C=O) groups excluding carboxylic acids is 5. The van der Waals surface area contributed by atoms with E-state index in [1.54, 1.807) is 11.1 Å². The number of methoxy groups -OCH3 is 2. The number of rotatable bonds is 11. The summed E-state index contributed by atoms with van der Waals surface area (Å²) >= 11 is 0. The molecule has 15 nitrogen and oxygen atoms in total. The highest BCUT2D eigenvalue weighted by Gasteiger charge is 2.49. The number of nitrogens with one attached hydrogen (secondary N) is 4. The molecule has 1 saturated heterocycles. The van der Waals surface area contributed by atoms with Crippen molar-refractivity contribution < 1.29 is 33.4 Å². The summed E-state index contributed by atoms with van der Waals surface area (Å²) in [5.41, 5.74) is 7.88. The Morgan fingerprint density at radius 1 is 0.797 bits per heavy atom. The molecule has 1 aliphatic heterocycles. The van der Waals surface area contributed by atoms with Crippen LogP contribution >= 0.6 is 0 Å². The van der Waals surface area contributed by atoms with Crippen LogP contribution in [0.25, 0.3) is 44.5 Å². The number of imidazole rings is 2. The van der Waals surface area contributed by atoms with Crippen molar-refractivity contribution in [2.24, 2.45) is 5.92 Å². The van der Waals surface area contributed by atoms with Crippen molar-refractivity contribution in [3.63, 3.8) is 0 Å². The molecule has 2 aromatic heterocycles. The Balaban J connectivity index is 0.000000902. The molecule has 15 heteroatoms. The molecule has 5 aromatic rings. The van der Waals surface area contributed by atoms with E-state index in [1.165, 1.54) is 27.1 Å². The molecule has 8 rings (SSSR count). The summed E-state index contributed by atoms with van der Waals surface area (Å²) in [7, 11) is 2.51. The fourth-order valence-electron chi connectivity index (χ4n) is 8.45. The molecule has 2 fully saturated rings. The van der Waals surface area contributed by atoms with Crippen molar-refractivity contribution >= 4 is 40.8 Å². The van der Waals surface area contributed by atoms with Gasteiger partial charge in [0, 0.05) is 29.3 Å². The second kappa shape index (κ2) is 22.4. The second-order valence-corrected chi connectivity index (χ2v) is 15.8. The van der Waals surface area contributed by atoms with E-state index in [0.717, 1.165) is 70.4 Å². The van der Waals surface area contributed by atoms with Gasteiger partial charge in [0.1, 0.15) is 24.7 Å². The van der Waals surface area contributed by atoms with Crippen LogP contribution in [0.5, 0.6) is 0 Å². The van der Waals surface area contributed by atoms with Gasteiger partial charge in [-0.15, -0.1) is 12.8 Å². The maximum absolute atomic E-state index is 13.9. The molecule has 4 amide bonds. The number of aromatic nitrogens is 4. The number of piperidine rings is 1. The molecule has 64 heavy (non-hydrogen) atoms. The van der Waals surface area contributed by atoms with Gasteiger partial charge in [0.25, 0.3) is 0 Å². The smallest absolute Gasteiger partial charge is 0.407 e. The summed E-state index contributed by atoms with van der Waals surface area (Å²) in [6.07, 6.45) is 14.5. The third-order valence-corrected chi connectivity index (χ3v) is 11.1. The minimum atomic E-state index is -0.673. The van der Waals surface area contributed by atoms with E-state index in [9.17, 15) is 24.0 Å². The molecule has 0 spiro atoms. The van der Waals surface area contributed by atoms with Gasteiger partial charge in [-0.2, -0.15) is 0 Å². The van der Waals surface area contributed by atoms with Gasteiger partial charge >= 0.3 is 12.2 Å². The lowest BCUT2D eigenvalue weighted by molar-refractivity contribution is -0.135. The fourth-order valence-corrected chi connectivity index (χ4v) is 8.45. The van der Waals surface area contributed by atoms with Crippen LogP contribution in [0.2, 0.25) is 0 Å². The SMILES string of the molecule is C#C.CCC.CCC.CCCN(Cc1ncc(-c2ccc3c(c2)C(=O)c2cc(-c4ccc5nc([C@@H]6[C@H]7CC[C@H](C7)N6C(=O)CNC(=O)OC)[nH]c5c4)ccc2-3)[nH]1)C(=O)CNC(=O)OC. The van der Waals surface area contributed by atoms with Crippen LogP contribution in [0.15, 0.2) is 60.8 Å². The summed E-state index contributed by atoms with van der Waals surface area (Å²) < 4.78 is 9.21. The lowest BCUT2D eigenvalue weighted by atomic mass is 9.98. The van der Waals surface area contributed by atoms with Crippen LogP contribution in [0.4, 0.5) is 9.59 Å². The highest BCUT2D eigenvalue weighted by atomic mass is 16.5. The zero-order valence-electron chi connectivity index (χ0n) is 37.9. The number of ketones is 1. The molecule has 3 heterocycles. The van der Waals surface area contributed by atoms with Crippen molar-refractivity contribution in [1.29, 1.82) is 0 Å². The molecule has 338 valence electrons. The second-order valence-electron chi connectivity index (χ2n) is 15.8. The maximum atomic E-state index is 13.9. The number of ether oxygens (including phenoxy) is 2. The Labute approximate surface area is 375 Å². The topological polar surface area (TPSA) is 192 Å². The van der Waals surface area contributed by atoms with E-state index in [4.69, 9.17) is 4.98 Å². The maximum Gasteiger partial charge on any atom is 0.407 e. The van der Waals surface area contributed by atoms with E-state index < -0.39 is 12.2 Å². The third-order valence-electron chi connectivity index (χ3n) is 11.1. The van der Waals surface area contributed by atoms with Crippen molar-refractivity contribution in [2.75, 3.05) is 33.9 Å². The van der Waals surface area contributed by atoms with Crippen LogP contribution in [0.3, 0.4) is 0 Å². The molecule has 4 N–H and O–H groups in total. The van der Waals surface area contributed by atoms with Crippen LogP contribution < -0.4 is 10.6 Å². The number of alkyl carbamates (subject to hydrolysis) is 2. The van der Waals surface area contributed by atoms with Crippen molar-refractivity contribution in [2.45, 2.75) is 91.8 Å². The number of nitrogens with zero attached hydrogens (tertiary/aromatic N) is 4. The summed E-state index contributed by atoms with van der Waals surface area (Å²) in [5, 5.41) is 4.94. The highest BCUT2D eigenvalue weighted by molar-refractivity contribution is 6.22. The quantitative estimate of drug-likeness (QED) is 0.0926. The Bertz CT molecular complexity index is 2470. The standard InChI is InChI=1S/C41H42N8O7.2C3H8.C2H2/c1-4-13-48(35(50)19-43-40(53)55-2)21-34-42-18-33(45-34)24-7-11-28-27-10-6-22(15-29(27)38(52)30(28)16-24)23-8-12-31-32(17-23)47-39(46-31)37-25-5-9-26(14-25)49(37)36(51)20-44-41(54)56-3;2*1-3-2;1-2/h6-8,10-12,15-18,25-26,37H,4-5,9,13-14,19-21H2,1-3H3,(H,42,45)(H,43,53)(H,44,54)(H,46,47);2*3H2,1-2H3;1-2H/t25-,26+,37-;;;/m0.../s1. The average Bonchev–Trinajstić information content (AvgIpc) is 4.17. The first kappa shape index (κ1) is 48.1. The lowest BCUT2D eigenvalue weighted by Crippen LogP contribution is -2.45. The van der Waals surface area contributed by atoms with Gasteiger partial charge in [0.2, 0.25) is 11.8 Å². The molecule has 3 aromatic carbocycles. The largest absolute Gasteiger partial charge is 0.453 e. The van der Waals surface area contributed by atoms with Gasteiger partial charge in [0.15, 0.2) is 5.78 Å². The minimum absolute atomic E-state index is 0.0658. The highest BCUT2D eigenvalue weighted by Crippen LogP contribution is 2.50. The Morgan fingerprint density at radius 2 is 1.39 bits per heavy atom. The van der Waals surface area contributed by atoms with Gasteiger partial charge in [-0.1, -0.05) is 77.8 Å². The van der Waals surface area contributed by atoms with Crippen LogP contribution in [0, 0.1) is 18.8 Å². The molecular weight excluding hydrogens is 813 g/mol. The predicted molar refractivity (Wildman–Crippen MR) is 247 cm³/mol.